The summed E-state index contributed by atoms with van der Waals surface area (Å²) in [6, 6.07) is 11.6. The third kappa shape index (κ3) is 3.60. The minimum Gasteiger partial charge on any atom is -0.451 e. The molecule has 0 spiro atoms. The number of hydrogen-bond acceptors (Lipinski definition) is 4. The van der Waals surface area contributed by atoms with Gasteiger partial charge in [0.05, 0.1) is 5.56 Å². The Balaban J connectivity index is 1.87. The van der Waals surface area contributed by atoms with Crippen molar-refractivity contribution >= 4 is 5.97 Å². The van der Waals surface area contributed by atoms with E-state index in [2.05, 4.69) is 0 Å². The minimum atomic E-state index is -1.04. The first kappa shape index (κ1) is 16.5. The fourth-order valence-corrected chi connectivity index (χ4v) is 2.67. The lowest BCUT2D eigenvalue weighted by atomic mass is 10.0. The van der Waals surface area contributed by atoms with Crippen LogP contribution in [0.1, 0.15) is 34.9 Å². The van der Waals surface area contributed by atoms with Gasteiger partial charge in [-0.15, -0.1) is 0 Å². The van der Waals surface area contributed by atoms with Crippen molar-refractivity contribution in [3.8, 4) is 0 Å². The zero-order valence-electron chi connectivity index (χ0n) is 12.7. The number of hydrogen-bond donors (Lipinski definition) is 1. The molecule has 1 saturated heterocycles. The maximum Gasteiger partial charge on any atom is 0.338 e. The second-order valence-electron chi connectivity index (χ2n) is 5.57. The van der Waals surface area contributed by atoms with Crippen molar-refractivity contribution in [1.29, 1.82) is 0 Å². The van der Waals surface area contributed by atoms with E-state index in [0.717, 1.165) is 12.1 Å². The van der Waals surface area contributed by atoms with Crippen LogP contribution in [-0.2, 0) is 9.47 Å². The van der Waals surface area contributed by atoms with Crippen LogP contribution in [0.15, 0.2) is 48.5 Å². The second-order valence-corrected chi connectivity index (χ2v) is 5.57. The van der Waals surface area contributed by atoms with Crippen LogP contribution in [0.25, 0.3) is 0 Å². The van der Waals surface area contributed by atoms with Crippen molar-refractivity contribution in [1.82, 2.24) is 0 Å². The van der Waals surface area contributed by atoms with E-state index < -0.39 is 36.1 Å². The normalized spacial score (nSPS) is 21.5. The van der Waals surface area contributed by atoms with E-state index in [1.807, 2.05) is 0 Å². The van der Waals surface area contributed by atoms with Crippen molar-refractivity contribution in [2.45, 2.75) is 31.3 Å². The lowest BCUT2D eigenvalue weighted by Crippen LogP contribution is -2.25. The summed E-state index contributed by atoms with van der Waals surface area (Å²) < 4.78 is 37.6. The first-order valence-corrected chi connectivity index (χ1v) is 7.59. The van der Waals surface area contributed by atoms with Gasteiger partial charge in [0.2, 0.25) is 0 Å². The summed E-state index contributed by atoms with van der Waals surface area (Å²) in [7, 11) is 0. The average Bonchev–Trinajstić information content (AvgIpc) is 3.02. The maximum absolute atomic E-state index is 13.6. The molecule has 126 valence electrons. The highest BCUT2D eigenvalue weighted by atomic mass is 19.2. The molecule has 1 N–H and O–H groups in total. The number of carbonyl (C=O) groups excluding carboxylic acids is 1. The molecule has 3 unspecified atom stereocenters. The Morgan fingerprint density at radius 1 is 1.12 bits per heavy atom. The van der Waals surface area contributed by atoms with Crippen LogP contribution in [0.3, 0.4) is 0 Å². The lowest BCUT2D eigenvalue weighted by Gasteiger charge is -2.24. The quantitative estimate of drug-likeness (QED) is 0.871. The van der Waals surface area contributed by atoms with Crippen LogP contribution in [0, 0.1) is 11.6 Å². The molecule has 0 aromatic heterocycles. The van der Waals surface area contributed by atoms with E-state index in [4.69, 9.17) is 9.47 Å². The fourth-order valence-electron chi connectivity index (χ4n) is 2.67. The van der Waals surface area contributed by atoms with Gasteiger partial charge in [-0.25, -0.2) is 13.6 Å². The van der Waals surface area contributed by atoms with Crippen LogP contribution in [0.5, 0.6) is 0 Å². The number of ether oxygens (including phenoxy) is 2. The third-order valence-corrected chi connectivity index (χ3v) is 3.88. The van der Waals surface area contributed by atoms with Crippen LogP contribution in [0.4, 0.5) is 8.78 Å². The number of esters is 1. The first-order chi connectivity index (χ1) is 11.5. The molecule has 1 aliphatic rings. The van der Waals surface area contributed by atoms with Gasteiger partial charge in [-0.3, -0.25) is 0 Å². The minimum absolute atomic E-state index is 0.275. The molecule has 0 radical (unpaired) electrons. The Labute approximate surface area is 137 Å². The van der Waals surface area contributed by atoms with Gasteiger partial charge in [-0.05, 0) is 36.2 Å². The molecule has 2 aromatic carbocycles. The number of carbonyl (C=O) groups is 1. The van der Waals surface area contributed by atoms with E-state index in [1.54, 1.807) is 30.3 Å². The van der Waals surface area contributed by atoms with E-state index >= 15 is 0 Å². The van der Waals surface area contributed by atoms with E-state index in [-0.39, 0.29) is 5.56 Å². The van der Waals surface area contributed by atoms with Gasteiger partial charge < -0.3 is 14.6 Å². The predicted molar refractivity (Wildman–Crippen MR) is 81.1 cm³/mol. The second kappa shape index (κ2) is 7.07. The monoisotopic (exact) mass is 334 g/mol. The van der Waals surface area contributed by atoms with Crippen LogP contribution < -0.4 is 0 Å². The Hall–Kier alpha value is -2.31. The van der Waals surface area contributed by atoms with Crippen molar-refractivity contribution in [3.63, 3.8) is 0 Å². The van der Waals surface area contributed by atoms with Crippen LogP contribution in [-0.4, -0.2) is 23.5 Å². The van der Waals surface area contributed by atoms with Gasteiger partial charge >= 0.3 is 5.97 Å². The summed E-state index contributed by atoms with van der Waals surface area (Å²) in [5.74, 6) is -2.62. The molecular weight excluding hydrogens is 318 g/mol. The molecule has 1 aliphatic heterocycles. The van der Waals surface area contributed by atoms with E-state index in [1.165, 1.54) is 6.07 Å². The first-order valence-electron chi connectivity index (χ1n) is 7.59. The van der Waals surface area contributed by atoms with Crippen molar-refractivity contribution < 1.29 is 28.2 Å². The van der Waals surface area contributed by atoms with Crippen molar-refractivity contribution in [2.75, 3.05) is 0 Å². The molecule has 0 aliphatic carbocycles. The predicted octanol–water partition coefficient (Wildman–Crippen LogP) is 3.36. The van der Waals surface area contributed by atoms with Crippen LogP contribution in [0.2, 0.25) is 0 Å². The van der Waals surface area contributed by atoms with Gasteiger partial charge in [0, 0.05) is 6.42 Å². The topological polar surface area (TPSA) is 55.8 Å². The zero-order valence-corrected chi connectivity index (χ0v) is 12.7. The van der Waals surface area contributed by atoms with Crippen molar-refractivity contribution in [2.24, 2.45) is 0 Å². The standard InChI is InChI=1S/C18H16F2O4/c19-13-7-6-12(10-14(13)20)17(15-8-9-16(21)23-15)24-18(22)11-4-2-1-3-5-11/h1-7,10,15-17,21H,8-9H2. The Kier molecular flexibility index (Phi) is 4.87. The molecule has 1 fully saturated rings. The van der Waals surface area contributed by atoms with E-state index in [9.17, 15) is 18.7 Å². The summed E-state index contributed by atoms with van der Waals surface area (Å²) >= 11 is 0. The molecular formula is C18H16F2O4. The Morgan fingerprint density at radius 2 is 1.88 bits per heavy atom. The Morgan fingerprint density at radius 3 is 2.50 bits per heavy atom. The highest BCUT2D eigenvalue weighted by Gasteiger charge is 2.35. The average molecular weight is 334 g/mol. The molecule has 0 bridgehead atoms. The molecule has 0 saturated carbocycles. The number of halogens is 2. The Bertz CT molecular complexity index is 720. The molecule has 24 heavy (non-hydrogen) atoms. The van der Waals surface area contributed by atoms with Gasteiger partial charge in [-0.2, -0.15) is 0 Å². The maximum atomic E-state index is 13.6. The number of aliphatic hydroxyl groups is 1. The molecule has 1 heterocycles. The van der Waals surface area contributed by atoms with Gasteiger partial charge in [-0.1, -0.05) is 24.3 Å². The van der Waals surface area contributed by atoms with Crippen LogP contribution >= 0.6 is 0 Å². The molecule has 3 atom stereocenters. The summed E-state index contributed by atoms with van der Waals surface area (Å²) in [6.07, 6.45) is -1.71. The molecule has 0 amide bonds. The summed E-state index contributed by atoms with van der Waals surface area (Å²) in [6.45, 7) is 0. The van der Waals surface area contributed by atoms with Gasteiger partial charge in [0.25, 0.3) is 0 Å². The highest BCUT2D eigenvalue weighted by Crippen LogP contribution is 2.33. The summed E-state index contributed by atoms with van der Waals surface area (Å²) in [4.78, 5) is 12.3. The summed E-state index contributed by atoms with van der Waals surface area (Å²) in [5.41, 5.74) is 0.612. The van der Waals surface area contributed by atoms with Crippen molar-refractivity contribution in [3.05, 3.63) is 71.3 Å². The van der Waals surface area contributed by atoms with E-state index in [0.29, 0.717) is 18.4 Å². The SMILES string of the molecule is O=C(OC(c1ccc(F)c(F)c1)C1CCC(O)O1)c1ccccc1. The van der Waals surface area contributed by atoms with Gasteiger partial charge in [0.1, 0.15) is 6.10 Å². The molecule has 6 heteroatoms. The highest BCUT2D eigenvalue weighted by molar-refractivity contribution is 5.89. The molecule has 4 nitrogen and oxygen atoms in total. The largest absolute Gasteiger partial charge is 0.451 e. The number of benzene rings is 2. The zero-order chi connectivity index (χ0) is 17.1. The van der Waals surface area contributed by atoms with Gasteiger partial charge in [0.15, 0.2) is 24.0 Å². The lowest BCUT2D eigenvalue weighted by molar-refractivity contribution is -0.124. The number of aliphatic hydroxyl groups excluding tert-OH is 1. The molecule has 2 aromatic rings. The smallest absolute Gasteiger partial charge is 0.338 e. The fraction of sp³-hybridized carbons (Fsp3) is 0.278. The molecule has 3 rings (SSSR count). The summed E-state index contributed by atoms with van der Waals surface area (Å²) in [5, 5.41) is 9.55. The third-order valence-electron chi connectivity index (χ3n) is 3.88. The number of rotatable bonds is 4.